The minimum absolute atomic E-state index is 0.134. The van der Waals surface area contributed by atoms with Gasteiger partial charge in [-0.1, -0.05) is 30.0 Å². The summed E-state index contributed by atoms with van der Waals surface area (Å²) < 4.78 is 1.62. The summed E-state index contributed by atoms with van der Waals surface area (Å²) in [7, 11) is 0. The largest absolute Gasteiger partial charge is 0.368 e. The number of thioether (sulfide) groups is 1. The zero-order chi connectivity index (χ0) is 17.9. The molecule has 0 unspecified atom stereocenters. The lowest BCUT2D eigenvalue weighted by atomic mass is 10.2. The van der Waals surface area contributed by atoms with E-state index in [1.165, 1.54) is 17.4 Å². The van der Waals surface area contributed by atoms with Gasteiger partial charge in [0.05, 0.1) is 5.25 Å². The Morgan fingerprint density at radius 3 is 2.62 bits per heavy atom. The van der Waals surface area contributed by atoms with Crippen molar-refractivity contribution in [3.8, 4) is 0 Å². The van der Waals surface area contributed by atoms with Gasteiger partial charge in [0.2, 0.25) is 11.1 Å². The topological polar surface area (TPSA) is 66.6 Å². The first kappa shape index (κ1) is 16.8. The van der Waals surface area contributed by atoms with Crippen LogP contribution < -0.4 is 4.90 Å². The van der Waals surface area contributed by atoms with E-state index in [1.54, 1.807) is 23.0 Å². The number of carbonyl (C=O) groups is 1. The number of nitrogens with zero attached hydrogens (tertiary/aromatic N) is 6. The molecule has 26 heavy (non-hydrogen) atoms. The van der Waals surface area contributed by atoms with Gasteiger partial charge in [-0.25, -0.2) is 9.50 Å². The van der Waals surface area contributed by atoms with E-state index < -0.39 is 0 Å². The normalized spacial score (nSPS) is 16.0. The quantitative estimate of drug-likeness (QED) is 0.656. The molecule has 1 aliphatic rings. The number of carbonyl (C=O) groups excluding carboxylic acids is 1. The van der Waals surface area contributed by atoms with E-state index in [2.05, 4.69) is 32.1 Å². The van der Waals surface area contributed by atoms with Gasteiger partial charge in [0.1, 0.15) is 0 Å². The van der Waals surface area contributed by atoms with Crippen LogP contribution in [0.1, 0.15) is 6.92 Å². The molecule has 4 rings (SSSR count). The van der Waals surface area contributed by atoms with Gasteiger partial charge in [0.25, 0.3) is 5.78 Å². The number of aromatic nitrogens is 4. The molecule has 0 spiro atoms. The standard InChI is InChI=1S/C18H20N6OS/c1-14(26-18-20-17-19-8-5-9-24(17)21-18)16(25)23-12-10-22(11-13-23)15-6-3-2-4-7-15/h2-9,14H,10-13H2,1H3/t14-/m0/s1. The molecule has 134 valence electrons. The van der Waals surface area contributed by atoms with Crippen molar-refractivity contribution >= 4 is 29.1 Å². The molecule has 0 N–H and O–H groups in total. The summed E-state index contributed by atoms with van der Waals surface area (Å²) >= 11 is 1.38. The van der Waals surface area contributed by atoms with Crippen molar-refractivity contribution < 1.29 is 4.79 Å². The first-order valence-electron chi connectivity index (χ1n) is 8.63. The number of para-hydroxylation sites is 1. The summed E-state index contributed by atoms with van der Waals surface area (Å²) in [6, 6.07) is 12.1. The number of rotatable bonds is 4. The van der Waals surface area contributed by atoms with Crippen molar-refractivity contribution in [2.75, 3.05) is 31.1 Å². The fourth-order valence-corrected chi connectivity index (χ4v) is 3.89. The molecule has 8 heteroatoms. The molecule has 0 aliphatic carbocycles. The number of benzene rings is 1. The van der Waals surface area contributed by atoms with Crippen molar-refractivity contribution in [3.63, 3.8) is 0 Å². The molecule has 1 amide bonds. The first-order valence-corrected chi connectivity index (χ1v) is 9.51. The van der Waals surface area contributed by atoms with Crippen LogP contribution in [0.2, 0.25) is 0 Å². The van der Waals surface area contributed by atoms with Gasteiger partial charge in [-0.15, -0.1) is 5.10 Å². The first-order chi connectivity index (χ1) is 12.7. The minimum atomic E-state index is -0.226. The van der Waals surface area contributed by atoms with Crippen molar-refractivity contribution in [1.82, 2.24) is 24.5 Å². The van der Waals surface area contributed by atoms with Crippen molar-refractivity contribution in [1.29, 1.82) is 0 Å². The minimum Gasteiger partial charge on any atom is -0.368 e. The molecular weight excluding hydrogens is 348 g/mol. The molecule has 1 aliphatic heterocycles. The van der Waals surface area contributed by atoms with Gasteiger partial charge in [0.15, 0.2) is 0 Å². The molecule has 0 saturated carbocycles. The SMILES string of the molecule is C[C@H](Sc1nc2ncccn2n1)C(=O)N1CCN(c2ccccc2)CC1. The Kier molecular flexibility index (Phi) is 4.75. The molecule has 1 fully saturated rings. The van der Waals surface area contributed by atoms with Crippen LogP contribution in [0, 0.1) is 0 Å². The number of fused-ring (bicyclic) bond motifs is 1. The maximum absolute atomic E-state index is 12.8. The second-order valence-electron chi connectivity index (χ2n) is 6.17. The van der Waals surface area contributed by atoms with Crippen molar-refractivity contribution in [3.05, 3.63) is 48.8 Å². The lowest BCUT2D eigenvalue weighted by Gasteiger charge is -2.37. The zero-order valence-corrected chi connectivity index (χ0v) is 15.3. The Morgan fingerprint density at radius 1 is 1.12 bits per heavy atom. The number of hydrogen-bond acceptors (Lipinski definition) is 6. The summed E-state index contributed by atoms with van der Waals surface area (Å²) in [6.07, 6.45) is 3.48. The second-order valence-corrected chi connectivity index (χ2v) is 7.47. The van der Waals surface area contributed by atoms with Gasteiger partial charge in [0, 0.05) is 44.3 Å². The van der Waals surface area contributed by atoms with Crippen LogP contribution in [0.5, 0.6) is 0 Å². The van der Waals surface area contributed by atoms with Gasteiger partial charge < -0.3 is 9.80 Å². The average molecular weight is 368 g/mol. The fourth-order valence-electron chi connectivity index (χ4n) is 3.05. The van der Waals surface area contributed by atoms with Crippen LogP contribution in [-0.2, 0) is 4.79 Å². The van der Waals surface area contributed by atoms with E-state index in [0.29, 0.717) is 10.9 Å². The monoisotopic (exact) mass is 368 g/mol. The van der Waals surface area contributed by atoms with Crippen molar-refractivity contribution in [2.45, 2.75) is 17.3 Å². The zero-order valence-electron chi connectivity index (χ0n) is 14.5. The summed E-state index contributed by atoms with van der Waals surface area (Å²) in [5, 5.41) is 4.71. The van der Waals surface area contributed by atoms with E-state index in [4.69, 9.17) is 0 Å². The molecule has 3 heterocycles. The summed E-state index contributed by atoms with van der Waals surface area (Å²) in [5.74, 6) is 0.681. The fraction of sp³-hybridized carbons (Fsp3) is 0.333. The molecule has 3 aromatic rings. The predicted octanol–water partition coefficient (Wildman–Crippen LogP) is 1.95. The highest BCUT2D eigenvalue weighted by Crippen LogP contribution is 2.23. The Labute approximate surface area is 156 Å². The lowest BCUT2D eigenvalue weighted by Crippen LogP contribution is -2.50. The highest BCUT2D eigenvalue weighted by atomic mass is 32.2. The van der Waals surface area contributed by atoms with E-state index in [9.17, 15) is 4.79 Å². The predicted molar refractivity (Wildman–Crippen MR) is 101 cm³/mol. The lowest BCUT2D eigenvalue weighted by molar-refractivity contribution is -0.130. The highest BCUT2D eigenvalue weighted by molar-refractivity contribution is 8.00. The third-order valence-electron chi connectivity index (χ3n) is 4.44. The van der Waals surface area contributed by atoms with E-state index >= 15 is 0 Å². The Morgan fingerprint density at radius 2 is 1.88 bits per heavy atom. The number of amides is 1. The average Bonchev–Trinajstić information content (AvgIpc) is 3.10. The Balaban J connectivity index is 1.35. The molecule has 0 bridgehead atoms. The van der Waals surface area contributed by atoms with E-state index in [1.807, 2.05) is 30.0 Å². The van der Waals surface area contributed by atoms with Gasteiger partial charge in [-0.3, -0.25) is 4.79 Å². The molecule has 1 atom stereocenters. The molecule has 1 saturated heterocycles. The Bertz CT molecular complexity index is 858. The van der Waals surface area contributed by atoms with Gasteiger partial charge in [-0.05, 0) is 25.1 Å². The van der Waals surface area contributed by atoms with Gasteiger partial charge in [-0.2, -0.15) is 4.98 Å². The number of anilines is 1. The highest BCUT2D eigenvalue weighted by Gasteiger charge is 2.26. The molecule has 7 nitrogen and oxygen atoms in total. The second kappa shape index (κ2) is 7.33. The van der Waals surface area contributed by atoms with E-state index in [-0.39, 0.29) is 11.2 Å². The smallest absolute Gasteiger partial charge is 0.253 e. The van der Waals surface area contributed by atoms with Crippen LogP contribution in [0.15, 0.2) is 53.9 Å². The van der Waals surface area contributed by atoms with E-state index in [0.717, 1.165) is 26.2 Å². The van der Waals surface area contributed by atoms with Gasteiger partial charge >= 0.3 is 0 Å². The molecular formula is C18H20N6OS. The summed E-state index contributed by atoms with van der Waals surface area (Å²) in [5.41, 5.74) is 1.21. The molecule has 1 aromatic carbocycles. The van der Waals surface area contributed by atoms with Crippen molar-refractivity contribution in [2.24, 2.45) is 0 Å². The summed E-state index contributed by atoms with van der Waals surface area (Å²) in [4.78, 5) is 25.5. The molecule has 2 aromatic heterocycles. The third-order valence-corrected chi connectivity index (χ3v) is 5.38. The van der Waals surface area contributed by atoms with Crippen LogP contribution in [0.4, 0.5) is 5.69 Å². The third kappa shape index (κ3) is 3.50. The van der Waals surface area contributed by atoms with Crippen LogP contribution in [0.3, 0.4) is 0 Å². The van der Waals surface area contributed by atoms with Crippen LogP contribution in [0.25, 0.3) is 5.78 Å². The molecule has 0 radical (unpaired) electrons. The number of hydrogen-bond donors (Lipinski definition) is 0. The maximum Gasteiger partial charge on any atom is 0.253 e. The Hall–Kier alpha value is -2.61. The van der Waals surface area contributed by atoms with Crippen LogP contribution >= 0.6 is 11.8 Å². The number of piperazine rings is 1. The maximum atomic E-state index is 12.8. The summed E-state index contributed by atoms with van der Waals surface area (Å²) in [6.45, 7) is 5.08. The van der Waals surface area contributed by atoms with Crippen LogP contribution in [-0.4, -0.2) is 61.8 Å².